The lowest BCUT2D eigenvalue weighted by Gasteiger charge is -2.15. The number of nitrogens with one attached hydrogen (secondary N) is 1. The van der Waals surface area contributed by atoms with Crippen molar-refractivity contribution in [3.05, 3.63) is 64.7 Å². The number of nitriles is 1. The molecule has 2 aromatic carbocycles. The zero-order valence-electron chi connectivity index (χ0n) is 9.70. The maximum Gasteiger partial charge on any atom is 0.146 e. The lowest BCUT2D eigenvalue weighted by Crippen LogP contribution is -2.10. The first-order valence-electron chi connectivity index (χ1n) is 5.47. The molecule has 96 valence electrons. The molecule has 0 heterocycles. The third-order valence-corrected chi connectivity index (χ3v) is 2.90. The Balaban J connectivity index is 2.31. The van der Waals surface area contributed by atoms with E-state index in [4.69, 9.17) is 16.9 Å². The van der Waals surface area contributed by atoms with Gasteiger partial charge in [-0.25, -0.2) is 8.78 Å². The highest BCUT2D eigenvalue weighted by Gasteiger charge is 2.15. The molecule has 2 nitrogen and oxygen atoms in total. The Morgan fingerprint density at radius 1 is 1.16 bits per heavy atom. The number of hydrogen-bond acceptors (Lipinski definition) is 2. The zero-order chi connectivity index (χ0) is 13.8. The van der Waals surface area contributed by atoms with Crippen molar-refractivity contribution in [2.75, 3.05) is 5.32 Å². The average molecular weight is 279 g/mol. The molecule has 0 aromatic heterocycles. The normalized spacial score (nSPS) is 11.7. The van der Waals surface area contributed by atoms with Gasteiger partial charge in [-0.2, -0.15) is 5.26 Å². The highest BCUT2D eigenvalue weighted by atomic mass is 35.5. The fourth-order valence-electron chi connectivity index (χ4n) is 1.65. The number of hydrogen-bond donors (Lipinski definition) is 1. The van der Waals surface area contributed by atoms with Crippen LogP contribution in [0.1, 0.15) is 11.6 Å². The third-order valence-electron chi connectivity index (χ3n) is 2.58. The molecule has 1 N–H and O–H groups in total. The van der Waals surface area contributed by atoms with Gasteiger partial charge >= 0.3 is 0 Å². The number of rotatable bonds is 3. The van der Waals surface area contributed by atoms with Crippen LogP contribution in [0, 0.1) is 23.0 Å². The topological polar surface area (TPSA) is 35.8 Å². The molecule has 0 aliphatic rings. The SMILES string of the molecule is N#CC(Nc1ccccc1F)c1ccc(F)cc1Cl. The summed E-state index contributed by atoms with van der Waals surface area (Å²) >= 11 is 5.88. The van der Waals surface area contributed by atoms with Gasteiger partial charge in [0.15, 0.2) is 0 Å². The van der Waals surface area contributed by atoms with Gasteiger partial charge in [-0.05, 0) is 24.3 Å². The second-order valence-corrected chi connectivity index (χ2v) is 4.26. The van der Waals surface area contributed by atoms with Crippen molar-refractivity contribution in [1.29, 1.82) is 5.26 Å². The zero-order valence-corrected chi connectivity index (χ0v) is 10.5. The summed E-state index contributed by atoms with van der Waals surface area (Å²) < 4.78 is 26.5. The van der Waals surface area contributed by atoms with Crippen LogP contribution in [0.5, 0.6) is 0 Å². The van der Waals surface area contributed by atoms with Gasteiger partial charge < -0.3 is 5.32 Å². The molecule has 0 bridgehead atoms. The van der Waals surface area contributed by atoms with Gasteiger partial charge in [-0.15, -0.1) is 0 Å². The molecule has 0 aliphatic carbocycles. The third kappa shape index (κ3) is 3.01. The Labute approximate surface area is 114 Å². The van der Waals surface area contributed by atoms with E-state index in [9.17, 15) is 8.78 Å². The molecular weight excluding hydrogens is 270 g/mol. The Morgan fingerprint density at radius 3 is 2.53 bits per heavy atom. The first kappa shape index (κ1) is 13.3. The number of nitrogens with zero attached hydrogens (tertiary/aromatic N) is 1. The van der Waals surface area contributed by atoms with E-state index in [1.807, 2.05) is 6.07 Å². The van der Waals surface area contributed by atoms with Gasteiger partial charge in [-0.1, -0.05) is 29.8 Å². The van der Waals surface area contributed by atoms with E-state index in [1.165, 1.54) is 24.3 Å². The first-order valence-corrected chi connectivity index (χ1v) is 5.85. The van der Waals surface area contributed by atoms with Crippen LogP contribution in [0.25, 0.3) is 0 Å². The fourth-order valence-corrected chi connectivity index (χ4v) is 1.93. The van der Waals surface area contributed by atoms with Gasteiger partial charge in [0.2, 0.25) is 0 Å². The summed E-state index contributed by atoms with van der Waals surface area (Å²) in [6.45, 7) is 0. The summed E-state index contributed by atoms with van der Waals surface area (Å²) in [4.78, 5) is 0. The smallest absolute Gasteiger partial charge is 0.146 e. The van der Waals surface area contributed by atoms with E-state index in [1.54, 1.807) is 12.1 Å². The lowest BCUT2D eigenvalue weighted by atomic mass is 10.1. The van der Waals surface area contributed by atoms with E-state index in [0.717, 1.165) is 6.07 Å². The number of anilines is 1. The van der Waals surface area contributed by atoms with E-state index >= 15 is 0 Å². The van der Waals surface area contributed by atoms with Crippen LogP contribution in [-0.2, 0) is 0 Å². The molecule has 0 saturated carbocycles. The summed E-state index contributed by atoms with van der Waals surface area (Å²) in [7, 11) is 0. The van der Waals surface area contributed by atoms with Crippen molar-refractivity contribution >= 4 is 17.3 Å². The average Bonchev–Trinajstić information content (AvgIpc) is 2.39. The maximum atomic E-state index is 13.5. The van der Waals surface area contributed by atoms with E-state index in [0.29, 0.717) is 5.56 Å². The van der Waals surface area contributed by atoms with Crippen molar-refractivity contribution in [2.24, 2.45) is 0 Å². The molecule has 1 unspecified atom stereocenters. The molecular formula is C14H9ClF2N2. The van der Waals surface area contributed by atoms with E-state index < -0.39 is 17.7 Å². The van der Waals surface area contributed by atoms with Crippen molar-refractivity contribution in [1.82, 2.24) is 0 Å². The van der Waals surface area contributed by atoms with Crippen LogP contribution >= 0.6 is 11.6 Å². The summed E-state index contributed by atoms with van der Waals surface area (Å²) in [5.74, 6) is -0.961. The van der Waals surface area contributed by atoms with Crippen LogP contribution in [0.4, 0.5) is 14.5 Å². The molecule has 0 amide bonds. The minimum Gasteiger partial charge on any atom is -0.364 e. The predicted molar refractivity (Wildman–Crippen MR) is 69.8 cm³/mol. The van der Waals surface area contributed by atoms with Gasteiger partial charge in [-0.3, -0.25) is 0 Å². The molecule has 0 aliphatic heterocycles. The maximum absolute atomic E-state index is 13.5. The van der Waals surface area contributed by atoms with Crippen molar-refractivity contribution in [3.8, 4) is 6.07 Å². The van der Waals surface area contributed by atoms with Gasteiger partial charge in [0, 0.05) is 10.6 Å². The minimum absolute atomic E-state index is 0.121. The number of para-hydroxylation sites is 1. The first-order chi connectivity index (χ1) is 9.11. The fraction of sp³-hybridized carbons (Fsp3) is 0.0714. The highest BCUT2D eigenvalue weighted by molar-refractivity contribution is 6.31. The van der Waals surface area contributed by atoms with Crippen molar-refractivity contribution in [3.63, 3.8) is 0 Å². The molecule has 0 spiro atoms. The summed E-state index contributed by atoms with van der Waals surface area (Å²) in [5, 5.41) is 12.0. The van der Waals surface area contributed by atoms with E-state index in [-0.39, 0.29) is 10.7 Å². The minimum atomic E-state index is -0.856. The summed E-state index contributed by atoms with van der Waals surface area (Å²) in [5.41, 5.74) is 0.586. The van der Waals surface area contributed by atoms with Crippen LogP contribution in [-0.4, -0.2) is 0 Å². The van der Waals surface area contributed by atoms with Gasteiger partial charge in [0.1, 0.15) is 17.7 Å². The van der Waals surface area contributed by atoms with E-state index in [2.05, 4.69) is 5.32 Å². The molecule has 1 atom stereocenters. The molecule has 0 fully saturated rings. The van der Waals surface area contributed by atoms with Crippen LogP contribution in [0.3, 0.4) is 0 Å². The van der Waals surface area contributed by atoms with Gasteiger partial charge in [0.05, 0.1) is 11.8 Å². The van der Waals surface area contributed by atoms with Crippen LogP contribution in [0.2, 0.25) is 5.02 Å². The predicted octanol–water partition coefficient (Wildman–Crippen LogP) is 4.29. The molecule has 0 saturated heterocycles. The van der Waals surface area contributed by atoms with Gasteiger partial charge in [0.25, 0.3) is 0 Å². The lowest BCUT2D eigenvalue weighted by molar-refractivity contribution is 0.625. The second kappa shape index (κ2) is 5.68. The van der Waals surface area contributed by atoms with Crippen molar-refractivity contribution < 1.29 is 8.78 Å². The monoisotopic (exact) mass is 278 g/mol. The molecule has 0 radical (unpaired) electrons. The van der Waals surface area contributed by atoms with Crippen molar-refractivity contribution in [2.45, 2.75) is 6.04 Å². The molecule has 2 aromatic rings. The highest BCUT2D eigenvalue weighted by Crippen LogP contribution is 2.27. The Bertz CT molecular complexity index is 638. The quantitative estimate of drug-likeness (QED) is 0.909. The number of halogens is 3. The summed E-state index contributed by atoms with van der Waals surface area (Å²) in [6.07, 6.45) is 0. The Hall–Kier alpha value is -2.12. The second-order valence-electron chi connectivity index (χ2n) is 3.85. The Kier molecular flexibility index (Phi) is 3.98. The summed E-state index contributed by atoms with van der Waals surface area (Å²) in [6, 6.07) is 10.8. The molecule has 5 heteroatoms. The standard InChI is InChI=1S/C14H9ClF2N2/c15-11-7-9(16)5-6-10(11)14(8-18)19-13-4-2-1-3-12(13)17/h1-7,14,19H. The molecule has 2 rings (SSSR count). The van der Waals surface area contributed by atoms with Crippen LogP contribution < -0.4 is 5.32 Å². The number of benzene rings is 2. The van der Waals surface area contributed by atoms with Crippen LogP contribution in [0.15, 0.2) is 42.5 Å². The molecule has 19 heavy (non-hydrogen) atoms. The largest absolute Gasteiger partial charge is 0.364 e. The Morgan fingerprint density at radius 2 is 1.89 bits per heavy atom.